The average molecular weight is 419 g/mol. The Balaban J connectivity index is 2.10. The lowest BCUT2D eigenvalue weighted by atomic mass is 10.2. The zero-order chi connectivity index (χ0) is 17.0. The highest BCUT2D eigenvalue weighted by molar-refractivity contribution is 9.10. The van der Waals surface area contributed by atoms with Crippen LogP contribution >= 0.6 is 39.1 Å². The number of halogens is 3. The van der Waals surface area contributed by atoms with Crippen molar-refractivity contribution in [3.63, 3.8) is 0 Å². The molecule has 1 unspecified atom stereocenters. The van der Waals surface area contributed by atoms with Crippen molar-refractivity contribution in [3.8, 4) is 11.5 Å². The van der Waals surface area contributed by atoms with Crippen LogP contribution in [-0.4, -0.2) is 19.1 Å². The Morgan fingerprint density at radius 1 is 1.17 bits per heavy atom. The maximum Gasteiger partial charge on any atom is 0.265 e. The smallest absolute Gasteiger partial charge is 0.265 e. The molecule has 0 saturated heterocycles. The second-order valence-corrected chi connectivity index (χ2v) is 6.43. The minimum atomic E-state index is -0.752. The highest BCUT2D eigenvalue weighted by Gasteiger charge is 2.18. The summed E-state index contributed by atoms with van der Waals surface area (Å²) in [4.78, 5) is 12.3. The molecule has 23 heavy (non-hydrogen) atoms. The Hall–Kier alpha value is -1.43. The lowest BCUT2D eigenvalue weighted by molar-refractivity contribution is -0.122. The molecule has 2 aromatic rings. The lowest BCUT2D eigenvalue weighted by Crippen LogP contribution is -2.30. The summed E-state index contributed by atoms with van der Waals surface area (Å²) in [5.74, 6) is 0.616. The molecular weight excluding hydrogens is 405 g/mol. The van der Waals surface area contributed by atoms with E-state index < -0.39 is 6.10 Å². The third-order valence-electron chi connectivity index (χ3n) is 2.99. The number of amides is 1. The summed E-state index contributed by atoms with van der Waals surface area (Å²) in [6.45, 7) is 1.63. The number of methoxy groups -OCH3 is 1. The summed E-state index contributed by atoms with van der Waals surface area (Å²) in [7, 11) is 1.53. The van der Waals surface area contributed by atoms with Crippen LogP contribution in [0.4, 0.5) is 5.69 Å². The van der Waals surface area contributed by atoms with E-state index in [1.165, 1.54) is 7.11 Å². The van der Waals surface area contributed by atoms with Gasteiger partial charge in [-0.05, 0) is 43.3 Å². The van der Waals surface area contributed by atoms with Gasteiger partial charge in [0.1, 0.15) is 11.5 Å². The van der Waals surface area contributed by atoms with Gasteiger partial charge in [0.15, 0.2) is 6.10 Å². The molecule has 0 radical (unpaired) electrons. The van der Waals surface area contributed by atoms with E-state index in [-0.39, 0.29) is 5.91 Å². The highest BCUT2D eigenvalue weighted by atomic mass is 79.9. The molecule has 7 heteroatoms. The zero-order valence-corrected chi connectivity index (χ0v) is 15.5. The van der Waals surface area contributed by atoms with Gasteiger partial charge in [-0.1, -0.05) is 39.1 Å². The minimum Gasteiger partial charge on any atom is -0.495 e. The number of carbonyl (C=O) groups excluding carboxylic acids is 1. The van der Waals surface area contributed by atoms with Gasteiger partial charge >= 0.3 is 0 Å². The third kappa shape index (κ3) is 4.77. The predicted octanol–water partition coefficient (Wildman–Crippen LogP) is 5.17. The molecular formula is C16H14BrCl2NO3. The first kappa shape index (κ1) is 17.9. The van der Waals surface area contributed by atoms with Crippen LogP contribution in [0.3, 0.4) is 0 Å². The van der Waals surface area contributed by atoms with Crippen LogP contribution in [0.2, 0.25) is 10.0 Å². The second kappa shape index (κ2) is 7.90. The molecule has 1 N–H and O–H groups in total. The molecule has 0 aromatic heterocycles. The van der Waals surface area contributed by atoms with Crippen LogP contribution in [0.5, 0.6) is 11.5 Å². The Kier molecular flexibility index (Phi) is 6.16. The molecule has 0 aliphatic rings. The van der Waals surface area contributed by atoms with Gasteiger partial charge in [-0.25, -0.2) is 0 Å². The minimum absolute atomic E-state index is 0.326. The van der Waals surface area contributed by atoms with Gasteiger partial charge < -0.3 is 14.8 Å². The molecule has 4 nitrogen and oxygen atoms in total. The number of hydrogen-bond acceptors (Lipinski definition) is 3. The monoisotopic (exact) mass is 417 g/mol. The third-order valence-corrected chi connectivity index (χ3v) is 4.01. The van der Waals surface area contributed by atoms with E-state index in [9.17, 15) is 4.79 Å². The first-order valence-corrected chi connectivity index (χ1v) is 8.21. The molecule has 0 spiro atoms. The van der Waals surface area contributed by atoms with Crippen molar-refractivity contribution in [2.45, 2.75) is 13.0 Å². The summed E-state index contributed by atoms with van der Waals surface area (Å²) >= 11 is 15.2. The standard InChI is InChI=1S/C16H14BrCl2NO3/c1-9(23-14-6-4-11(18)8-12(14)19)16(21)20-13-7-10(17)3-5-15(13)22-2/h3-9H,1-2H3,(H,20,21). The van der Waals surface area contributed by atoms with Crippen LogP contribution in [0, 0.1) is 0 Å². The van der Waals surface area contributed by atoms with Crippen LogP contribution < -0.4 is 14.8 Å². The topological polar surface area (TPSA) is 47.6 Å². The van der Waals surface area contributed by atoms with E-state index >= 15 is 0 Å². The van der Waals surface area contributed by atoms with E-state index in [0.717, 1.165) is 4.47 Å². The second-order valence-electron chi connectivity index (χ2n) is 4.67. The molecule has 0 aliphatic carbocycles. The van der Waals surface area contributed by atoms with E-state index in [4.69, 9.17) is 32.7 Å². The molecule has 2 rings (SSSR count). The molecule has 0 bridgehead atoms. The molecule has 0 aliphatic heterocycles. The quantitative estimate of drug-likeness (QED) is 0.728. The number of hydrogen-bond donors (Lipinski definition) is 1. The maximum atomic E-state index is 12.3. The summed E-state index contributed by atoms with van der Waals surface area (Å²) in [5, 5.41) is 3.61. The summed E-state index contributed by atoms with van der Waals surface area (Å²) in [5.41, 5.74) is 0.546. The van der Waals surface area contributed by atoms with E-state index in [0.29, 0.717) is 27.2 Å². The van der Waals surface area contributed by atoms with Crippen molar-refractivity contribution >= 4 is 50.7 Å². The summed E-state index contributed by atoms with van der Waals surface area (Å²) in [6, 6.07) is 10.1. The summed E-state index contributed by atoms with van der Waals surface area (Å²) < 4.78 is 11.6. The van der Waals surface area contributed by atoms with Gasteiger partial charge in [-0.3, -0.25) is 4.79 Å². The summed E-state index contributed by atoms with van der Waals surface area (Å²) in [6.07, 6.45) is -0.752. The number of anilines is 1. The van der Waals surface area contributed by atoms with Crippen LogP contribution in [0.25, 0.3) is 0 Å². The molecule has 0 heterocycles. The first-order chi connectivity index (χ1) is 10.9. The van der Waals surface area contributed by atoms with Crippen LogP contribution in [0.1, 0.15) is 6.92 Å². The van der Waals surface area contributed by atoms with E-state index in [2.05, 4.69) is 21.2 Å². The number of benzene rings is 2. The number of carbonyl (C=O) groups is 1. The normalized spacial score (nSPS) is 11.7. The Labute approximate surface area is 152 Å². The van der Waals surface area contributed by atoms with Gasteiger partial charge in [0.05, 0.1) is 17.8 Å². The Bertz CT molecular complexity index is 724. The largest absolute Gasteiger partial charge is 0.495 e. The molecule has 122 valence electrons. The van der Waals surface area contributed by atoms with Crippen molar-refractivity contribution < 1.29 is 14.3 Å². The van der Waals surface area contributed by atoms with Crippen molar-refractivity contribution in [1.29, 1.82) is 0 Å². The average Bonchev–Trinajstić information content (AvgIpc) is 2.50. The zero-order valence-electron chi connectivity index (χ0n) is 12.4. The molecule has 1 atom stereocenters. The molecule has 1 amide bonds. The van der Waals surface area contributed by atoms with Gasteiger partial charge in [-0.15, -0.1) is 0 Å². The van der Waals surface area contributed by atoms with Gasteiger partial charge in [0, 0.05) is 9.50 Å². The van der Waals surface area contributed by atoms with Crippen LogP contribution in [0.15, 0.2) is 40.9 Å². The fourth-order valence-electron chi connectivity index (χ4n) is 1.83. The fourth-order valence-corrected chi connectivity index (χ4v) is 2.64. The SMILES string of the molecule is COc1ccc(Br)cc1NC(=O)C(C)Oc1ccc(Cl)cc1Cl. The van der Waals surface area contributed by atoms with Gasteiger partial charge in [0.25, 0.3) is 5.91 Å². The van der Waals surface area contributed by atoms with Crippen LogP contribution in [-0.2, 0) is 4.79 Å². The van der Waals surface area contributed by atoms with Crippen molar-refractivity contribution in [2.75, 3.05) is 12.4 Å². The van der Waals surface area contributed by atoms with Gasteiger partial charge in [0.2, 0.25) is 0 Å². The van der Waals surface area contributed by atoms with E-state index in [1.54, 1.807) is 37.3 Å². The Morgan fingerprint density at radius 2 is 1.87 bits per heavy atom. The lowest BCUT2D eigenvalue weighted by Gasteiger charge is -2.17. The number of nitrogens with one attached hydrogen (secondary N) is 1. The first-order valence-electron chi connectivity index (χ1n) is 6.67. The number of ether oxygens (including phenoxy) is 2. The molecule has 2 aromatic carbocycles. The maximum absolute atomic E-state index is 12.3. The van der Waals surface area contributed by atoms with Crippen molar-refractivity contribution in [1.82, 2.24) is 0 Å². The predicted molar refractivity (Wildman–Crippen MR) is 95.9 cm³/mol. The highest BCUT2D eigenvalue weighted by Crippen LogP contribution is 2.30. The van der Waals surface area contributed by atoms with E-state index in [1.807, 2.05) is 6.07 Å². The van der Waals surface area contributed by atoms with Crippen molar-refractivity contribution in [2.24, 2.45) is 0 Å². The molecule has 0 saturated carbocycles. The van der Waals surface area contributed by atoms with Gasteiger partial charge in [-0.2, -0.15) is 0 Å². The molecule has 0 fully saturated rings. The number of rotatable bonds is 5. The fraction of sp³-hybridized carbons (Fsp3) is 0.188. The van der Waals surface area contributed by atoms with Crippen molar-refractivity contribution in [3.05, 3.63) is 50.9 Å². The Morgan fingerprint density at radius 3 is 2.52 bits per heavy atom.